The summed E-state index contributed by atoms with van der Waals surface area (Å²) in [5.74, 6) is -1.66. The van der Waals surface area contributed by atoms with Crippen LogP contribution in [-0.4, -0.2) is 53.0 Å². The first-order valence-electron chi connectivity index (χ1n) is 11.7. The fourth-order valence-electron chi connectivity index (χ4n) is 3.15. The van der Waals surface area contributed by atoms with Gasteiger partial charge < -0.3 is 29.5 Å². The lowest BCUT2D eigenvalue weighted by Gasteiger charge is -2.03. The number of ether oxygens (including phenoxy) is 3. The second kappa shape index (κ2) is 15.1. The zero-order chi connectivity index (χ0) is 29.7. The second-order valence-electron chi connectivity index (χ2n) is 8.03. The SMILES string of the molecule is CC(=O)Oc1ccccc1C(=O)O.COc1cc(C=CC(=O)CC(=O)C=Cc2ccc(O)c(OC)c2)ccc1O. The highest BCUT2D eigenvalue weighted by molar-refractivity contribution is 6.10. The number of esters is 1. The number of aromatic hydroxyl groups is 2. The third kappa shape index (κ3) is 9.82. The van der Waals surface area contributed by atoms with E-state index in [1.165, 1.54) is 57.6 Å². The molecular formula is C30H28O10. The van der Waals surface area contributed by atoms with Gasteiger partial charge in [0.1, 0.15) is 11.3 Å². The first-order chi connectivity index (χ1) is 19.0. The minimum absolute atomic E-state index is 0.00662. The largest absolute Gasteiger partial charge is 0.504 e. The normalized spacial score (nSPS) is 10.5. The molecule has 0 fully saturated rings. The summed E-state index contributed by atoms with van der Waals surface area (Å²) in [4.78, 5) is 45.0. The van der Waals surface area contributed by atoms with E-state index in [9.17, 15) is 29.4 Å². The molecule has 10 heteroatoms. The Morgan fingerprint density at radius 3 is 1.62 bits per heavy atom. The number of phenolic OH excluding ortho intramolecular Hbond substituents is 2. The zero-order valence-corrected chi connectivity index (χ0v) is 22.0. The van der Waals surface area contributed by atoms with Crippen molar-refractivity contribution in [2.24, 2.45) is 0 Å². The van der Waals surface area contributed by atoms with Gasteiger partial charge in [-0.25, -0.2) is 4.79 Å². The van der Waals surface area contributed by atoms with Crippen LogP contribution in [-0.2, 0) is 14.4 Å². The zero-order valence-electron chi connectivity index (χ0n) is 22.0. The van der Waals surface area contributed by atoms with Crippen molar-refractivity contribution < 1.29 is 48.7 Å². The molecule has 3 aromatic rings. The Hall–Kier alpha value is -5.38. The van der Waals surface area contributed by atoms with Gasteiger partial charge in [0.2, 0.25) is 0 Å². The maximum absolute atomic E-state index is 11.9. The average molecular weight is 549 g/mol. The van der Waals surface area contributed by atoms with E-state index < -0.39 is 11.9 Å². The molecule has 0 radical (unpaired) electrons. The highest BCUT2D eigenvalue weighted by Gasteiger charge is 2.11. The Kier molecular flexibility index (Phi) is 11.7. The lowest BCUT2D eigenvalue weighted by atomic mass is 10.1. The van der Waals surface area contributed by atoms with Gasteiger partial charge in [-0.3, -0.25) is 14.4 Å². The van der Waals surface area contributed by atoms with Crippen molar-refractivity contribution >= 4 is 35.7 Å². The van der Waals surface area contributed by atoms with Crippen LogP contribution in [0.15, 0.2) is 72.8 Å². The number of para-hydroxylation sites is 1. The van der Waals surface area contributed by atoms with E-state index in [0.29, 0.717) is 22.6 Å². The summed E-state index contributed by atoms with van der Waals surface area (Å²) >= 11 is 0. The van der Waals surface area contributed by atoms with Crippen LogP contribution in [0.25, 0.3) is 12.2 Å². The van der Waals surface area contributed by atoms with Crippen LogP contribution in [0.2, 0.25) is 0 Å². The fourth-order valence-corrected chi connectivity index (χ4v) is 3.15. The molecule has 0 spiro atoms. The van der Waals surface area contributed by atoms with E-state index in [1.54, 1.807) is 48.6 Å². The molecule has 208 valence electrons. The number of rotatable bonds is 10. The molecule has 0 atom stereocenters. The fraction of sp³-hybridized carbons (Fsp3) is 0.133. The van der Waals surface area contributed by atoms with Crippen molar-refractivity contribution in [1.29, 1.82) is 0 Å². The highest BCUT2D eigenvalue weighted by atomic mass is 16.5. The first-order valence-corrected chi connectivity index (χ1v) is 11.7. The van der Waals surface area contributed by atoms with Crippen LogP contribution in [0.3, 0.4) is 0 Å². The minimum Gasteiger partial charge on any atom is -0.504 e. The smallest absolute Gasteiger partial charge is 0.339 e. The third-order valence-electron chi connectivity index (χ3n) is 5.05. The molecule has 3 aromatic carbocycles. The maximum Gasteiger partial charge on any atom is 0.339 e. The van der Waals surface area contributed by atoms with Crippen LogP contribution in [0.4, 0.5) is 0 Å². The quantitative estimate of drug-likeness (QED) is 0.141. The van der Waals surface area contributed by atoms with Crippen molar-refractivity contribution in [3.8, 4) is 28.7 Å². The molecule has 0 aliphatic heterocycles. The first kappa shape index (κ1) is 30.8. The van der Waals surface area contributed by atoms with E-state index in [4.69, 9.17) is 14.6 Å². The number of phenols is 2. The number of aromatic carboxylic acids is 1. The number of benzene rings is 3. The second-order valence-corrected chi connectivity index (χ2v) is 8.03. The van der Waals surface area contributed by atoms with Gasteiger partial charge in [0, 0.05) is 6.92 Å². The van der Waals surface area contributed by atoms with Gasteiger partial charge in [0.15, 0.2) is 34.6 Å². The molecule has 0 amide bonds. The minimum atomic E-state index is -1.11. The van der Waals surface area contributed by atoms with Crippen molar-refractivity contribution in [3.63, 3.8) is 0 Å². The molecule has 0 unspecified atom stereocenters. The van der Waals surface area contributed by atoms with E-state index in [1.807, 2.05) is 0 Å². The van der Waals surface area contributed by atoms with Gasteiger partial charge in [-0.2, -0.15) is 0 Å². The Bertz CT molecular complexity index is 1360. The number of carboxylic acid groups (broad SMARTS) is 1. The number of carboxylic acids is 1. The van der Waals surface area contributed by atoms with Crippen molar-refractivity contribution in [3.05, 3.63) is 89.5 Å². The highest BCUT2D eigenvalue weighted by Crippen LogP contribution is 2.27. The molecule has 0 aromatic heterocycles. The molecule has 0 heterocycles. The third-order valence-corrected chi connectivity index (χ3v) is 5.05. The molecule has 3 N–H and O–H groups in total. The summed E-state index contributed by atoms with van der Waals surface area (Å²) in [6.45, 7) is 1.22. The Balaban J connectivity index is 0.000000360. The number of hydrogen-bond acceptors (Lipinski definition) is 9. The monoisotopic (exact) mass is 548 g/mol. The number of methoxy groups -OCH3 is 2. The molecule has 3 rings (SSSR count). The number of carbonyl (C=O) groups is 4. The molecule has 0 saturated carbocycles. The van der Waals surface area contributed by atoms with Crippen molar-refractivity contribution in [1.82, 2.24) is 0 Å². The summed E-state index contributed by atoms with van der Waals surface area (Å²) in [6, 6.07) is 15.3. The van der Waals surface area contributed by atoms with Gasteiger partial charge in [0.25, 0.3) is 0 Å². The Morgan fingerprint density at radius 1 is 0.725 bits per heavy atom. The molecule has 0 aliphatic carbocycles. The summed E-state index contributed by atoms with van der Waals surface area (Å²) in [5.41, 5.74) is 1.31. The molecule has 40 heavy (non-hydrogen) atoms. The van der Waals surface area contributed by atoms with Gasteiger partial charge in [0.05, 0.1) is 20.6 Å². The molecule has 0 bridgehead atoms. The molecule has 0 saturated heterocycles. The lowest BCUT2D eigenvalue weighted by Crippen LogP contribution is -2.06. The number of carbonyl (C=O) groups excluding carboxylic acids is 3. The Morgan fingerprint density at radius 2 is 1.20 bits per heavy atom. The van der Waals surface area contributed by atoms with E-state index in [2.05, 4.69) is 4.74 Å². The summed E-state index contributed by atoms with van der Waals surface area (Å²) < 4.78 is 14.7. The predicted octanol–water partition coefficient (Wildman–Crippen LogP) is 4.68. The van der Waals surface area contributed by atoms with Crippen LogP contribution in [0.5, 0.6) is 28.7 Å². The van der Waals surface area contributed by atoms with E-state index in [-0.39, 0.29) is 40.8 Å². The number of hydrogen-bond donors (Lipinski definition) is 3. The maximum atomic E-state index is 11.9. The average Bonchev–Trinajstić information content (AvgIpc) is 2.92. The van der Waals surface area contributed by atoms with Crippen LogP contribution in [0, 0.1) is 0 Å². The van der Waals surface area contributed by atoms with E-state index >= 15 is 0 Å². The van der Waals surface area contributed by atoms with Crippen molar-refractivity contribution in [2.75, 3.05) is 14.2 Å². The summed E-state index contributed by atoms with van der Waals surface area (Å²) in [5, 5.41) is 27.8. The van der Waals surface area contributed by atoms with Gasteiger partial charge in [-0.05, 0) is 59.7 Å². The number of ketones is 2. The van der Waals surface area contributed by atoms with Gasteiger partial charge in [-0.15, -0.1) is 0 Å². The molecule has 10 nitrogen and oxygen atoms in total. The topological polar surface area (TPSA) is 157 Å². The summed E-state index contributed by atoms with van der Waals surface area (Å²) in [6.07, 6.45) is 5.44. The standard InChI is InChI=1S/C21H20O6.C9H8O4/c1-26-20-11-14(5-9-18(20)24)3-7-16(22)13-17(23)8-4-15-6-10-19(25)21(12-15)27-2;1-6(10)13-8-5-3-2-4-7(8)9(11)12/h3-12,24-25H,13H2,1-2H3;2-5H,1H3,(H,11,12). The van der Waals surface area contributed by atoms with Crippen LogP contribution < -0.4 is 14.2 Å². The number of allylic oxidation sites excluding steroid dienone is 2. The van der Waals surface area contributed by atoms with Crippen LogP contribution in [0.1, 0.15) is 34.8 Å². The lowest BCUT2D eigenvalue weighted by molar-refractivity contribution is -0.132. The van der Waals surface area contributed by atoms with Crippen LogP contribution >= 0.6 is 0 Å². The van der Waals surface area contributed by atoms with Gasteiger partial charge >= 0.3 is 11.9 Å². The van der Waals surface area contributed by atoms with E-state index in [0.717, 1.165) is 0 Å². The molecular weight excluding hydrogens is 520 g/mol. The summed E-state index contributed by atoms with van der Waals surface area (Å²) in [7, 11) is 2.87. The van der Waals surface area contributed by atoms with Crippen molar-refractivity contribution in [2.45, 2.75) is 13.3 Å². The van der Waals surface area contributed by atoms with Gasteiger partial charge in [-0.1, -0.05) is 36.4 Å². The predicted molar refractivity (Wildman–Crippen MR) is 147 cm³/mol. The molecule has 0 aliphatic rings. The Labute approximate surface area is 230 Å².